The van der Waals surface area contributed by atoms with Crippen LogP contribution in [-0.2, 0) is 6.54 Å². The van der Waals surface area contributed by atoms with Crippen LogP contribution in [0.4, 0.5) is 5.82 Å². The van der Waals surface area contributed by atoms with Gasteiger partial charge in [-0.05, 0) is 70.7 Å². The van der Waals surface area contributed by atoms with Gasteiger partial charge in [0.05, 0.1) is 41.5 Å². The Hall–Kier alpha value is -2.77. The molecule has 12 heteroatoms. The van der Waals surface area contributed by atoms with Gasteiger partial charge in [-0.2, -0.15) is 5.10 Å². The Kier molecular flexibility index (Phi) is 7.87. The Morgan fingerprint density at radius 2 is 2.03 bits per heavy atom. The number of imidazole rings is 2. The molecule has 1 amide bonds. The van der Waals surface area contributed by atoms with Crippen LogP contribution in [0, 0.1) is 6.92 Å². The molecule has 35 heavy (non-hydrogen) atoms. The maximum atomic E-state index is 11.1. The summed E-state index contributed by atoms with van der Waals surface area (Å²) >= 11 is 7.65. The van der Waals surface area contributed by atoms with Crippen molar-refractivity contribution in [2.75, 3.05) is 5.73 Å². The van der Waals surface area contributed by atoms with Gasteiger partial charge in [-0.15, -0.1) is 9.80 Å². The summed E-state index contributed by atoms with van der Waals surface area (Å²) in [7, 11) is 3.50. The number of thiol groups is 1. The summed E-state index contributed by atoms with van der Waals surface area (Å²) in [6.07, 6.45) is 11.1. The Morgan fingerprint density at radius 3 is 2.71 bits per heavy atom. The van der Waals surface area contributed by atoms with Crippen molar-refractivity contribution in [1.29, 1.82) is 0 Å². The van der Waals surface area contributed by atoms with Crippen LogP contribution in [0.25, 0.3) is 11.2 Å². The normalized spacial score (nSPS) is 12.7. The quantitative estimate of drug-likeness (QED) is 0.198. The van der Waals surface area contributed by atoms with Gasteiger partial charge in [0.15, 0.2) is 0 Å². The van der Waals surface area contributed by atoms with Crippen LogP contribution in [-0.4, -0.2) is 34.5 Å². The highest BCUT2D eigenvalue weighted by molar-refractivity contribution is 14.2. The first-order valence-electron chi connectivity index (χ1n) is 10.7. The molecule has 0 bridgehead atoms. The number of hydrogen-bond donors (Lipinski definition) is 3. The van der Waals surface area contributed by atoms with Crippen LogP contribution in [0.5, 0.6) is 0 Å². The second-order valence-electron chi connectivity index (χ2n) is 8.17. The van der Waals surface area contributed by atoms with E-state index in [0.717, 1.165) is 33.4 Å². The molecular weight excluding hydrogens is 599 g/mol. The first kappa shape index (κ1) is 25.3. The molecule has 0 aliphatic heterocycles. The summed E-state index contributed by atoms with van der Waals surface area (Å²) in [5.74, 6) is 0.871. The standard InChI is InChI=1S/C15H16N6O.C8H7ClN2.HIS/c16-14-12(9-1-2-9)3-4-13-19-11(8-21(13)14)7-20-6-10(5-18-20)15(17)22;1-6-8-4-7(9)2-3-11(8)5-10-6;1-2/h3-6,8-9H,1-2,7,16H2,(H2,17,22);2-5H,1H3;2H. The van der Waals surface area contributed by atoms with Crippen LogP contribution in [0.1, 0.15) is 46.1 Å². The average molecular weight is 623 g/mol. The third kappa shape index (κ3) is 5.73. The third-order valence-corrected chi connectivity index (χ3v) is 5.94. The maximum Gasteiger partial charge on any atom is 0.251 e. The molecule has 0 unspecified atom stereocenters. The van der Waals surface area contributed by atoms with Gasteiger partial charge in [-0.1, -0.05) is 17.7 Å². The van der Waals surface area contributed by atoms with Crippen LogP contribution in [0.3, 0.4) is 0 Å². The van der Waals surface area contributed by atoms with E-state index in [2.05, 4.69) is 30.9 Å². The molecule has 0 aromatic carbocycles. The molecule has 0 atom stereocenters. The van der Waals surface area contributed by atoms with E-state index in [0.29, 0.717) is 18.0 Å². The lowest BCUT2D eigenvalue weighted by Gasteiger charge is -2.05. The van der Waals surface area contributed by atoms with E-state index in [1.165, 1.54) is 24.6 Å². The van der Waals surface area contributed by atoms with Crippen LogP contribution < -0.4 is 11.5 Å². The fourth-order valence-corrected chi connectivity index (χ4v) is 3.95. The smallest absolute Gasteiger partial charge is 0.251 e. The number of pyridine rings is 2. The fourth-order valence-electron chi connectivity index (χ4n) is 3.80. The number of rotatable bonds is 4. The molecule has 6 rings (SSSR count). The van der Waals surface area contributed by atoms with Crippen LogP contribution in [0.2, 0.25) is 5.02 Å². The van der Waals surface area contributed by atoms with E-state index in [4.69, 9.17) is 23.1 Å². The lowest BCUT2D eigenvalue weighted by atomic mass is 10.1. The molecule has 1 aliphatic rings. The summed E-state index contributed by atoms with van der Waals surface area (Å²) in [5.41, 5.74) is 16.8. The predicted molar refractivity (Wildman–Crippen MR) is 149 cm³/mol. The SMILES string of the molecule is Cc1ncn2ccc(Cl)cc12.NC(=O)c1cnn(Cc2cn3c(N)c(C4CC4)ccc3n2)c1.SI. The highest BCUT2D eigenvalue weighted by atomic mass is 127. The summed E-state index contributed by atoms with van der Waals surface area (Å²) in [5, 5.41) is 4.87. The Balaban J connectivity index is 0.000000186. The number of aromatic nitrogens is 6. The first-order chi connectivity index (χ1) is 16.9. The van der Waals surface area contributed by atoms with Gasteiger partial charge in [-0.25, -0.2) is 9.97 Å². The zero-order valence-corrected chi connectivity index (χ0v) is 22.7. The Morgan fingerprint density at radius 1 is 1.26 bits per heavy atom. The van der Waals surface area contributed by atoms with Gasteiger partial charge in [0.25, 0.3) is 5.91 Å². The number of anilines is 1. The minimum absolute atomic E-state index is 0.388. The van der Waals surface area contributed by atoms with Crippen molar-refractivity contribution >= 4 is 65.5 Å². The van der Waals surface area contributed by atoms with Gasteiger partial charge in [0, 0.05) is 23.6 Å². The van der Waals surface area contributed by atoms with Crippen molar-refractivity contribution in [1.82, 2.24) is 28.5 Å². The van der Waals surface area contributed by atoms with Crippen LogP contribution in [0.15, 0.2) is 55.4 Å². The summed E-state index contributed by atoms with van der Waals surface area (Å²) in [4.78, 5) is 19.8. The number of hydrogen-bond acceptors (Lipinski definition) is 6. The van der Waals surface area contributed by atoms with Gasteiger partial charge in [-0.3, -0.25) is 13.9 Å². The van der Waals surface area contributed by atoms with Crippen molar-refractivity contribution in [3.63, 3.8) is 0 Å². The number of fused-ring (bicyclic) bond motifs is 2. The molecular formula is C23H24ClIN8OS. The minimum atomic E-state index is -0.487. The van der Waals surface area contributed by atoms with Crippen molar-refractivity contribution in [3.8, 4) is 0 Å². The average Bonchev–Trinajstić information content (AvgIpc) is 3.25. The van der Waals surface area contributed by atoms with Gasteiger partial charge in [0.2, 0.25) is 0 Å². The molecule has 182 valence electrons. The maximum absolute atomic E-state index is 11.1. The van der Waals surface area contributed by atoms with E-state index >= 15 is 0 Å². The number of carbonyl (C=O) groups is 1. The molecule has 1 aliphatic carbocycles. The molecule has 5 aromatic heterocycles. The third-order valence-electron chi connectivity index (χ3n) is 5.70. The second kappa shape index (κ2) is 10.9. The van der Waals surface area contributed by atoms with Crippen molar-refractivity contribution in [3.05, 3.63) is 82.9 Å². The van der Waals surface area contributed by atoms with Gasteiger partial charge >= 0.3 is 0 Å². The molecule has 0 radical (unpaired) electrons. The number of carbonyl (C=O) groups excluding carboxylic acids is 1. The van der Waals surface area contributed by atoms with E-state index in [-0.39, 0.29) is 0 Å². The van der Waals surface area contributed by atoms with Crippen molar-refractivity contribution < 1.29 is 4.79 Å². The predicted octanol–water partition coefficient (Wildman–Crippen LogP) is 4.70. The van der Waals surface area contributed by atoms with Crippen LogP contribution >= 0.6 is 42.6 Å². The monoisotopic (exact) mass is 622 g/mol. The number of aryl methyl sites for hydroxylation is 1. The first-order valence-corrected chi connectivity index (χ1v) is 14.3. The van der Waals surface area contributed by atoms with Gasteiger partial charge < -0.3 is 15.9 Å². The molecule has 4 N–H and O–H groups in total. The molecule has 9 nitrogen and oxygen atoms in total. The topological polar surface area (TPSA) is 122 Å². The van der Waals surface area contributed by atoms with E-state index in [9.17, 15) is 4.79 Å². The number of primary amides is 1. The molecule has 1 fully saturated rings. The fraction of sp³-hybridized carbons (Fsp3) is 0.217. The summed E-state index contributed by atoms with van der Waals surface area (Å²) in [6, 6.07) is 7.81. The number of nitrogens with zero attached hydrogens (tertiary/aromatic N) is 6. The number of nitrogen functional groups attached to an aromatic ring is 1. The molecule has 5 aromatic rings. The summed E-state index contributed by atoms with van der Waals surface area (Å²) < 4.78 is 5.50. The van der Waals surface area contributed by atoms with Gasteiger partial charge in [0.1, 0.15) is 11.5 Å². The minimum Gasteiger partial charge on any atom is -0.385 e. The molecule has 0 saturated heterocycles. The molecule has 5 heterocycles. The Labute approximate surface area is 224 Å². The molecule has 0 spiro atoms. The second-order valence-corrected chi connectivity index (χ2v) is 8.60. The molecule has 1 saturated carbocycles. The van der Waals surface area contributed by atoms with E-state index in [1.54, 1.807) is 17.2 Å². The number of halogens is 2. The lowest BCUT2D eigenvalue weighted by Crippen LogP contribution is -2.09. The van der Waals surface area contributed by atoms with Crippen molar-refractivity contribution in [2.24, 2.45) is 5.73 Å². The number of amides is 1. The summed E-state index contributed by atoms with van der Waals surface area (Å²) in [6.45, 7) is 2.43. The zero-order valence-electron chi connectivity index (χ0n) is 18.8. The Bertz CT molecular complexity index is 1490. The highest BCUT2D eigenvalue weighted by Crippen LogP contribution is 2.42. The van der Waals surface area contributed by atoms with Crippen molar-refractivity contribution in [2.45, 2.75) is 32.2 Å². The number of nitrogens with two attached hydrogens (primary N) is 2. The lowest BCUT2D eigenvalue weighted by molar-refractivity contribution is 0.1000. The zero-order chi connectivity index (χ0) is 25.1. The highest BCUT2D eigenvalue weighted by Gasteiger charge is 2.26. The van der Waals surface area contributed by atoms with E-state index < -0.39 is 5.91 Å². The largest absolute Gasteiger partial charge is 0.385 e. The van der Waals surface area contributed by atoms with E-state index in [1.807, 2.05) is 67.5 Å².